The second-order valence-corrected chi connectivity index (χ2v) is 4.87. The van der Waals surface area contributed by atoms with E-state index in [1.165, 1.54) is 0 Å². The Hall–Kier alpha value is -1.50. The maximum atomic E-state index is 9.21. The average molecular weight is 300 g/mol. The summed E-state index contributed by atoms with van der Waals surface area (Å²) in [7, 11) is 0. The Kier molecular flexibility index (Phi) is 4.37. The monoisotopic (exact) mass is 299 g/mol. The predicted octanol–water partition coefficient (Wildman–Crippen LogP) is 0.937. The number of fused-ring (bicyclic) bond motifs is 3. The van der Waals surface area contributed by atoms with Crippen LogP contribution >= 0.6 is 12.4 Å². The lowest BCUT2D eigenvalue weighted by Crippen LogP contribution is -2.32. The summed E-state index contributed by atoms with van der Waals surface area (Å²) in [5.41, 5.74) is 6.70. The van der Waals surface area contributed by atoms with Crippen molar-refractivity contribution in [2.45, 2.75) is 25.6 Å². The zero-order chi connectivity index (χ0) is 13.4. The van der Waals surface area contributed by atoms with Crippen molar-refractivity contribution in [1.29, 1.82) is 0 Å². The fourth-order valence-electron chi connectivity index (χ4n) is 2.24. The lowest BCUT2D eigenvalue weighted by molar-refractivity contribution is 0.0468. The minimum atomic E-state index is -0.336. The molecule has 3 N–H and O–H groups in total. The number of aliphatic hydroxyl groups excluding tert-OH is 1. The van der Waals surface area contributed by atoms with Gasteiger partial charge in [0.1, 0.15) is 12.1 Å². The van der Waals surface area contributed by atoms with Gasteiger partial charge in [0.15, 0.2) is 17.6 Å². The predicted molar refractivity (Wildman–Crippen MR) is 77.6 cm³/mol. The number of ether oxygens (including phenoxy) is 2. The van der Waals surface area contributed by atoms with Gasteiger partial charge in [-0.05, 0) is 19.1 Å². The van der Waals surface area contributed by atoms with Crippen molar-refractivity contribution in [2.24, 2.45) is 5.73 Å². The summed E-state index contributed by atoms with van der Waals surface area (Å²) in [5.74, 6) is 1.32. The Morgan fingerprint density at radius 2 is 2.35 bits per heavy atom. The highest BCUT2D eigenvalue weighted by Crippen LogP contribution is 2.38. The molecular weight excluding hydrogens is 282 g/mol. The van der Waals surface area contributed by atoms with E-state index in [-0.39, 0.29) is 31.2 Å². The molecule has 0 amide bonds. The Balaban J connectivity index is 0.00000147. The third kappa shape index (κ3) is 2.54. The van der Waals surface area contributed by atoms with Crippen molar-refractivity contribution in [3.8, 4) is 11.5 Å². The molecule has 1 aromatic heterocycles. The van der Waals surface area contributed by atoms with Gasteiger partial charge >= 0.3 is 0 Å². The number of aliphatic hydroxyl groups is 1. The highest BCUT2D eigenvalue weighted by atomic mass is 35.5. The molecule has 20 heavy (non-hydrogen) atoms. The molecule has 0 unspecified atom stereocenters. The highest BCUT2D eigenvalue weighted by molar-refractivity contribution is 5.87. The number of nitrogens with zero attached hydrogens (tertiary/aromatic N) is 2. The second kappa shape index (κ2) is 5.87. The minimum Gasteiger partial charge on any atom is -0.486 e. The van der Waals surface area contributed by atoms with Gasteiger partial charge in [0.2, 0.25) is 0 Å². The van der Waals surface area contributed by atoms with E-state index in [2.05, 4.69) is 5.10 Å². The van der Waals surface area contributed by atoms with Gasteiger partial charge in [-0.25, -0.2) is 0 Å². The number of hydrogen-bond acceptors (Lipinski definition) is 5. The van der Waals surface area contributed by atoms with E-state index in [1.807, 2.05) is 23.7 Å². The first-order valence-electron chi connectivity index (χ1n) is 6.33. The Morgan fingerprint density at radius 3 is 3.05 bits per heavy atom. The van der Waals surface area contributed by atoms with Crippen LogP contribution in [-0.2, 0) is 6.54 Å². The second-order valence-electron chi connectivity index (χ2n) is 4.87. The number of hydrogen-bond donors (Lipinski definition) is 2. The van der Waals surface area contributed by atoms with Crippen LogP contribution in [0.15, 0.2) is 18.3 Å². The molecular formula is C13H18ClN3O3. The van der Waals surface area contributed by atoms with Crippen molar-refractivity contribution in [1.82, 2.24) is 9.78 Å². The largest absolute Gasteiger partial charge is 0.486 e. The van der Waals surface area contributed by atoms with Crippen LogP contribution in [0, 0.1) is 0 Å². The molecule has 1 aliphatic rings. The Morgan fingerprint density at radius 1 is 1.55 bits per heavy atom. The Labute approximate surface area is 122 Å². The quantitative estimate of drug-likeness (QED) is 0.881. The van der Waals surface area contributed by atoms with E-state index in [4.69, 9.17) is 15.2 Å². The van der Waals surface area contributed by atoms with Crippen LogP contribution < -0.4 is 15.2 Å². The van der Waals surface area contributed by atoms with Gasteiger partial charge in [0.05, 0.1) is 19.3 Å². The molecule has 2 atom stereocenters. The van der Waals surface area contributed by atoms with Gasteiger partial charge < -0.3 is 20.3 Å². The zero-order valence-corrected chi connectivity index (χ0v) is 12.0. The van der Waals surface area contributed by atoms with Crippen LogP contribution in [0.25, 0.3) is 10.9 Å². The molecule has 1 aromatic carbocycles. The maximum Gasteiger partial charge on any atom is 0.187 e. The SMILES string of the molecule is C[C@@H](N)Cn1ncc2ccc3c(c21)O[C@@H](CO)CO3.Cl. The molecule has 0 aliphatic carbocycles. The molecule has 0 spiro atoms. The number of aromatic nitrogens is 2. The average Bonchev–Trinajstić information content (AvgIpc) is 2.81. The molecule has 1 aliphatic heterocycles. The topological polar surface area (TPSA) is 82.5 Å². The first-order valence-corrected chi connectivity index (χ1v) is 6.33. The van der Waals surface area contributed by atoms with Gasteiger partial charge in [-0.3, -0.25) is 4.68 Å². The molecule has 0 radical (unpaired) electrons. The molecule has 3 rings (SSSR count). The molecule has 0 saturated carbocycles. The summed E-state index contributed by atoms with van der Waals surface area (Å²) in [5, 5.41) is 14.5. The van der Waals surface area contributed by atoms with E-state index in [0.29, 0.717) is 24.7 Å². The molecule has 2 aromatic rings. The van der Waals surface area contributed by atoms with E-state index in [0.717, 1.165) is 10.9 Å². The summed E-state index contributed by atoms with van der Waals surface area (Å²) in [6.45, 7) is 2.82. The molecule has 6 nitrogen and oxygen atoms in total. The van der Waals surface area contributed by atoms with Crippen LogP contribution in [0.4, 0.5) is 0 Å². The van der Waals surface area contributed by atoms with Crippen LogP contribution in [-0.4, -0.2) is 40.2 Å². The summed E-state index contributed by atoms with van der Waals surface area (Å²) < 4.78 is 13.2. The van der Waals surface area contributed by atoms with E-state index >= 15 is 0 Å². The fraction of sp³-hybridized carbons (Fsp3) is 0.462. The lowest BCUT2D eigenvalue weighted by atomic mass is 10.2. The summed E-state index contributed by atoms with van der Waals surface area (Å²) in [6.07, 6.45) is 1.45. The highest BCUT2D eigenvalue weighted by Gasteiger charge is 2.24. The number of nitrogens with two attached hydrogens (primary N) is 1. The smallest absolute Gasteiger partial charge is 0.187 e. The van der Waals surface area contributed by atoms with Crippen LogP contribution in [0.1, 0.15) is 6.92 Å². The van der Waals surface area contributed by atoms with Crippen molar-refractivity contribution in [3.63, 3.8) is 0 Å². The van der Waals surface area contributed by atoms with Gasteiger partial charge in [0.25, 0.3) is 0 Å². The lowest BCUT2D eigenvalue weighted by Gasteiger charge is -2.26. The molecule has 2 heterocycles. The third-order valence-corrected chi connectivity index (χ3v) is 3.09. The van der Waals surface area contributed by atoms with Crippen LogP contribution in [0.2, 0.25) is 0 Å². The third-order valence-electron chi connectivity index (χ3n) is 3.09. The summed E-state index contributed by atoms with van der Waals surface area (Å²) in [4.78, 5) is 0. The van der Waals surface area contributed by atoms with Crippen molar-refractivity contribution in [3.05, 3.63) is 18.3 Å². The molecule has 7 heteroatoms. The van der Waals surface area contributed by atoms with E-state index < -0.39 is 0 Å². The van der Waals surface area contributed by atoms with Crippen molar-refractivity contribution < 1.29 is 14.6 Å². The zero-order valence-electron chi connectivity index (χ0n) is 11.2. The van der Waals surface area contributed by atoms with E-state index in [9.17, 15) is 5.11 Å². The standard InChI is InChI=1S/C13H17N3O3.ClH/c1-8(14)5-16-12-9(4-15-16)2-3-11-13(12)19-10(6-17)7-18-11;/h2-4,8,10,17H,5-7,14H2,1H3;1H/t8-,10+;/m1./s1. The van der Waals surface area contributed by atoms with Crippen molar-refractivity contribution in [2.75, 3.05) is 13.2 Å². The molecule has 0 bridgehead atoms. The van der Waals surface area contributed by atoms with Crippen molar-refractivity contribution >= 4 is 23.3 Å². The number of rotatable bonds is 3. The van der Waals surface area contributed by atoms with Gasteiger partial charge in [-0.1, -0.05) is 0 Å². The summed E-state index contributed by atoms with van der Waals surface area (Å²) in [6, 6.07) is 3.81. The molecule has 0 fully saturated rings. The summed E-state index contributed by atoms with van der Waals surface area (Å²) >= 11 is 0. The molecule has 0 saturated heterocycles. The van der Waals surface area contributed by atoms with Gasteiger partial charge in [-0.15, -0.1) is 12.4 Å². The van der Waals surface area contributed by atoms with Gasteiger partial charge in [0, 0.05) is 11.4 Å². The minimum absolute atomic E-state index is 0. The fourth-order valence-corrected chi connectivity index (χ4v) is 2.24. The van der Waals surface area contributed by atoms with Crippen LogP contribution in [0.5, 0.6) is 11.5 Å². The van der Waals surface area contributed by atoms with Gasteiger partial charge in [-0.2, -0.15) is 5.10 Å². The van der Waals surface area contributed by atoms with Crippen LogP contribution in [0.3, 0.4) is 0 Å². The normalized spacial score (nSPS) is 18.6. The number of halogens is 1. The first kappa shape index (κ1) is 14.9. The first-order chi connectivity index (χ1) is 9.19. The number of benzene rings is 1. The Bertz CT molecular complexity index is 600. The van der Waals surface area contributed by atoms with E-state index in [1.54, 1.807) is 6.20 Å². The molecule has 110 valence electrons. The maximum absolute atomic E-state index is 9.21.